The van der Waals surface area contributed by atoms with Gasteiger partial charge in [-0.25, -0.2) is 4.79 Å². The predicted octanol–water partition coefficient (Wildman–Crippen LogP) is 1.53. The minimum atomic E-state index is -0.268. The van der Waals surface area contributed by atoms with Crippen molar-refractivity contribution >= 4 is 5.97 Å². The lowest BCUT2D eigenvalue weighted by molar-refractivity contribution is -0.0174. The number of cyclic esters (lactones) is 1. The zero-order valence-corrected chi connectivity index (χ0v) is 8.33. The molecule has 1 aromatic carbocycles. The molecule has 15 heavy (non-hydrogen) atoms. The van der Waals surface area contributed by atoms with E-state index in [0.717, 1.165) is 22.4 Å². The standard InChI is InChI=1S/C11H10O4/c1-6-2-7-3-14-11(12)9(7)8-4-13-5-15-10(6)8/h2H,3-5H2,1H3. The van der Waals surface area contributed by atoms with Gasteiger partial charge < -0.3 is 14.2 Å². The van der Waals surface area contributed by atoms with Crippen molar-refractivity contribution in [1.29, 1.82) is 0 Å². The highest BCUT2D eigenvalue weighted by Crippen LogP contribution is 2.36. The molecular weight excluding hydrogens is 196 g/mol. The molecule has 0 spiro atoms. The topological polar surface area (TPSA) is 44.8 Å². The third-order valence-electron chi connectivity index (χ3n) is 2.74. The van der Waals surface area contributed by atoms with Gasteiger partial charge in [0, 0.05) is 11.1 Å². The van der Waals surface area contributed by atoms with E-state index in [1.807, 2.05) is 13.0 Å². The second kappa shape index (κ2) is 2.97. The summed E-state index contributed by atoms with van der Waals surface area (Å²) in [4.78, 5) is 11.5. The number of esters is 1. The van der Waals surface area contributed by atoms with Crippen LogP contribution in [-0.2, 0) is 22.7 Å². The number of hydrogen-bond donors (Lipinski definition) is 0. The average molecular weight is 206 g/mol. The Labute approximate surface area is 86.7 Å². The molecule has 3 rings (SSSR count). The van der Waals surface area contributed by atoms with E-state index < -0.39 is 0 Å². The van der Waals surface area contributed by atoms with E-state index in [9.17, 15) is 4.79 Å². The van der Waals surface area contributed by atoms with Crippen molar-refractivity contribution in [2.24, 2.45) is 0 Å². The lowest BCUT2D eigenvalue weighted by atomic mass is 9.98. The highest BCUT2D eigenvalue weighted by atomic mass is 16.7. The van der Waals surface area contributed by atoms with Crippen LogP contribution in [0.15, 0.2) is 6.07 Å². The Hall–Kier alpha value is -1.55. The first-order valence-corrected chi connectivity index (χ1v) is 4.80. The molecule has 0 saturated carbocycles. The second-order valence-corrected chi connectivity index (χ2v) is 3.72. The fourth-order valence-electron chi connectivity index (χ4n) is 2.11. The number of ether oxygens (including phenoxy) is 3. The molecule has 0 unspecified atom stereocenters. The molecule has 4 heteroatoms. The van der Waals surface area contributed by atoms with Crippen LogP contribution >= 0.6 is 0 Å². The van der Waals surface area contributed by atoms with Gasteiger partial charge in [-0.05, 0) is 18.6 Å². The Kier molecular flexibility index (Phi) is 1.73. The number of benzene rings is 1. The quantitative estimate of drug-likeness (QED) is 0.604. The van der Waals surface area contributed by atoms with Crippen LogP contribution in [0, 0.1) is 6.92 Å². The molecule has 0 amide bonds. The van der Waals surface area contributed by atoms with Crippen molar-refractivity contribution in [3.8, 4) is 5.75 Å². The summed E-state index contributed by atoms with van der Waals surface area (Å²) in [6.45, 7) is 3.01. The van der Waals surface area contributed by atoms with Gasteiger partial charge in [0.25, 0.3) is 0 Å². The summed E-state index contributed by atoms with van der Waals surface area (Å²) in [5.74, 6) is 0.509. The third-order valence-corrected chi connectivity index (χ3v) is 2.74. The summed E-state index contributed by atoms with van der Waals surface area (Å²) in [5.41, 5.74) is 3.43. The van der Waals surface area contributed by atoms with E-state index in [-0.39, 0.29) is 12.8 Å². The first-order chi connectivity index (χ1) is 7.27. The lowest BCUT2D eigenvalue weighted by Crippen LogP contribution is -2.16. The van der Waals surface area contributed by atoms with E-state index in [0.29, 0.717) is 18.8 Å². The van der Waals surface area contributed by atoms with Crippen molar-refractivity contribution in [3.05, 3.63) is 28.3 Å². The molecule has 0 aromatic heterocycles. The Balaban J connectivity index is 2.28. The first-order valence-electron chi connectivity index (χ1n) is 4.80. The van der Waals surface area contributed by atoms with Gasteiger partial charge in [0.15, 0.2) is 6.79 Å². The molecule has 2 aliphatic heterocycles. The van der Waals surface area contributed by atoms with Crippen LogP contribution in [0.4, 0.5) is 0 Å². The van der Waals surface area contributed by atoms with Crippen LogP contribution in [-0.4, -0.2) is 12.8 Å². The molecule has 0 N–H and O–H groups in total. The van der Waals surface area contributed by atoms with Gasteiger partial charge in [0.2, 0.25) is 0 Å². The highest BCUT2D eigenvalue weighted by molar-refractivity contribution is 5.96. The van der Waals surface area contributed by atoms with Gasteiger partial charge >= 0.3 is 5.97 Å². The Morgan fingerprint density at radius 1 is 1.27 bits per heavy atom. The fourth-order valence-corrected chi connectivity index (χ4v) is 2.11. The Morgan fingerprint density at radius 2 is 2.13 bits per heavy atom. The number of carbonyl (C=O) groups excluding carboxylic acids is 1. The van der Waals surface area contributed by atoms with Crippen molar-refractivity contribution in [2.45, 2.75) is 20.1 Å². The third kappa shape index (κ3) is 1.15. The molecule has 78 valence electrons. The van der Waals surface area contributed by atoms with Gasteiger partial charge in [-0.1, -0.05) is 0 Å². The molecule has 2 heterocycles. The van der Waals surface area contributed by atoms with E-state index in [1.165, 1.54) is 0 Å². The molecule has 2 aliphatic rings. The van der Waals surface area contributed by atoms with Crippen LogP contribution in [0.3, 0.4) is 0 Å². The minimum Gasteiger partial charge on any atom is -0.467 e. The number of carbonyl (C=O) groups is 1. The largest absolute Gasteiger partial charge is 0.467 e. The normalized spacial score (nSPS) is 17.8. The summed E-state index contributed by atoms with van der Waals surface area (Å²) in [6, 6.07) is 1.95. The fraction of sp³-hybridized carbons (Fsp3) is 0.364. The summed E-state index contributed by atoms with van der Waals surface area (Å²) in [6.07, 6.45) is 0. The lowest BCUT2D eigenvalue weighted by Gasteiger charge is -2.21. The van der Waals surface area contributed by atoms with E-state index >= 15 is 0 Å². The molecule has 0 bridgehead atoms. The number of hydrogen-bond acceptors (Lipinski definition) is 4. The van der Waals surface area contributed by atoms with Crippen molar-refractivity contribution < 1.29 is 19.0 Å². The van der Waals surface area contributed by atoms with Crippen LogP contribution < -0.4 is 4.74 Å². The maximum Gasteiger partial charge on any atom is 0.339 e. The van der Waals surface area contributed by atoms with E-state index in [1.54, 1.807) is 0 Å². The molecule has 0 radical (unpaired) electrons. The minimum absolute atomic E-state index is 0.252. The molecule has 1 aromatic rings. The van der Waals surface area contributed by atoms with Crippen LogP contribution in [0.25, 0.3) is 0 Å². The van der Waals surface area contributed by atoms with Gasteiger partial charge in [-0.3, -0.25) is 0 Å². The number of rotatable bonds is 0. The van der Waals surface area contributed by atoms with Crippen LogP contribution in [0.5, 0.6) is 5.75 Å². The average Bonchev–Trinajstić information content (AvgIpc) is 2.61. The summed E-state index contributed by atoms with van der Waals surface area (Å²) < 4.78 is 15.6. The number of aryl methyl sites for hydroxylation is 1. The highest BCUT2D eigenvalue weighted by Gasteiger charge is 2.30. The van der Waals surface area contributed by atoms with Gasteiger partial charge in [0.05, 0.1) is 12.2 Å². The maximum absolute atomic E-state index is 11.5. The first kappa shape index (κ1) is 8.73. The van der Waals surface area contributed by atoms with Gasteiger partial charge in [-0.15, -0.1) is 0 Å². The SMILES string of the molecule is Cc1cc2c(c3c1OCOC3)C(=O)OC2. The predicted molar refractivity (Wildman–Crippen MR) is 50.6 cm³/mol. The summed E-state index contributed by atoms with van der Waals surface area (Å²) in [5, 5.41) is 0. The summed E-state index contributed by atoms with van der Waals surface area (Å²) >= 11 is 0. The molecule has 4 nitrogen and oxygen atoms in total. The Bertz CT molecular complexity index is 450. The smallest absolute Gasteiger partial charge is 0.339 e. The summed E-state index contributed by atoms with van der Waals surface area (Å²) in [7, 11) is 0. The molecule has 0 atom stereocenters. The molecular formula is C11H10O4. The van der Waals surface area contributed by atoms with Crippen molar-refractivity contribution in [2.75, 3.05) is 6.79 Å². The zero-order chi connectivity index (χ0) is 10.4. The van der Waals surface area contributed by atoms with Gasteiger partial charge in [0.1, 0.15) is 12.4 Å². The van der Waals surface area contributed by atoms with Crippen LogP contribution in [0.2, 0.25) is 0 Å². The van der Waals surface area contributed by atoms with Crippen molar-refractivity contribution in [3.63, 3.8) is 0 Å². The number of fused-ring (bicyclic) bond motifs is 3. The van der Waals surface area contributed by atoms with E-state index in [4.69, 9.17) is 14.2 Å². The van der Waals surface area contributed by atoms with Crippen LogP contribution in [0.1, 0.15) is 27.0 Å². The van der Waals surface area contributed by atoms with E-state index in [2.05, 4.69) is 0 Å². The molecule has 0 aliphatic carbocycles. The maximum atomic E-state index is 11.5. The Morgan fingerprint density at radius 3 is 3.00 bits per heavy atom. The molecule has 0 fully saturated rings. The monoisotopic (exact) mass is 206 g/mol. The zero-order valence-electron chi connectivity index (χ0n) is 8.33. The molecule has 0 saturated heterocycles. The van der Waals surface area contributed by atoms with Crippen molar-refractivity contribution in [1.82, 2.24) is 0 Å². The van der Waals surface area contributed by atoms with Gasteiger partial charge in [-0.2, -0.15) is 0 Å². The second-order valence-electron chi connectivity index (χ2n) is 3.72.